The molecule has 1 aliphatic carbocycles. The van der Waals surface area contributed by atoms with Crippen LogP contribution in [0.3, 0.4) is 0 Å². The Morgan fingerprint density at radius 3 is 1.74 bits per heavy atom. The average Bonchev–Trinajstić information content (AvgIpc) is 2.88. The zero-order valence-electron chi connectivity index (χ0n) is 19.1. The highest BCUT2D eigenvalue weighted by Gasteiger charge is 2.27. The summed E-state index contributed by atoms with van der Waals surface area (Å²) in [5.41, 5.74) is 12.5. The van der Waals surface area contributed by atoms with Crippen molar-refractivity contribution in [2.75, 3.05) is 4.90 Å². The van der Waals surface area contributed by atoms with Crippen molar-refractivity contribution in [2.24, 2.45) is 0 Å². The van der Waals surface area contributed by atoms with E-state index in [9.17, 15) is 0 Å². The Kier molecular flexibility index (Phi) is 5.08. The topological polar surface area (TPSA) is 3.24 Å². The lowest BCUT2D eigenvalue weighted by molar-refractivity contribution is 1.27. The van der Waals surface area contributed by atoms with Crippen LogP contribution >= 0.6 is 0 Å². The van der Waals surface area contributed by atoms with Gasteiger partial charge in [-0.15, -0.1) is 0 Å². The molecule has 0 saturated carbocycles. The fraction of sp³-hybridized carbons (Fsp3) is 0.0303. The maximum atomic E-state index is 2.37. The fourth-order valence-electron chi connectivity index (χ4n) is 4.72. The molecule has 0 unspecified atom stereocenters. The van der Waals surface area contributed by atoms with Crippen molar-refractivity contribution in [2.45, 2.75) is 6.92 Å². The molecule has 0 spiro atoms. The predicted molar refractivity (Wildman–Crippen MR) is 146 cm³/mol. The third kappa shape index (κ3) is 3.62. The maximum Gasteiger partial charge on any atom is 0.0546 e. The second-order valence-corrected chi connectivity index (χ2v) is 8.75. The standard InChI is InChI=1S/C33H25N/c1-24-14-20-27(21-15-24)34(32-13-7-12-31-29-10-5-6-11-30(29)33(31)32)28-22-18-26(19-23-28)17-16-25-8-3-2-4-9-25/h2-23H,1H3/b17-16+. The average molecular weight is 436 g/mol. The number of hydrogen-bond acceptors (Lipinski definition) is 1. The van der Waals surface area contributed by atoms with Gasteiger partial charge in [0.15, 0.2) is 0 Å². The number of rotatable bonds is 5. The summed E-state index contributed by atoms with van der Waals surface area (Å²) in [6.07, 6.45) is 4.32. The van der Waals surface area contributed by atoms with Crippen LogP contribution in [0.1, 0.15) is 16.7 Å². The second-order valence-electron chi connectivity index (χ2n) is 8.75. The molecule has 0 atom stereocenters. The van der Waals surface area contributed by atoms with Crippen molar-refractivity contribution < 1.29 is 0 Å². The van der Waals surface area contributed by atoms with Crippen LogP contribution in [0.25, 0.3) is 34.4 Å². The first-order chi connectivity index (χ1) is 16.8. The first kappa shape index (κ1) is 20.3. The largest absolute Gasteiger partial charge is 0.310 e. The van der Waals surface area contributed by atoms with Crippen molar-refractivity contribution >= 4 is 29.2 Å². The molecular formula is C33H25N. The van der Waals surface area contributed by atoms with E-state index in [1.807, 2.05) is 6.07 Å². The molecule has 0 aliphatic heterocycles. The summed E-state index contributed by atoms with van der Waals surface area (Å²) < 4.78 is 0. The predicted octanol–water partition coefficient (Wildman–Crippen LogP) is 9.28. The van der Waals surface area contributed by atoms with E-state index in [0.29, 0.717) is 0 Å². The quantitative estimate of drug-likeness (QED) is 0.244. The summed E-state index contributed by atoms with van der Waals surface area (Å²) in [6, 6.07) is 43.3. The van der Waals surface area contributed by atoms with Gasteiger partial charge in [-0.2, -0.15) is 0 Å². The first-order valence-corrected chi connectivity index (χ1v) is 11.7. The molecule has 5 aromatic rings. The summed E-state index contributed by atoms with van der Waals surface area (Å²) >= 11 is 0. The molecule has 1 nitrogen and oxygen atoms in total. The van der Waals surface area contributed by atoms with Gasteiger partial charge in [0, 0.05) is 16.9 Å². The molecule has 0 heterocycles. The van der Waals surface area contributed by atoms with Gasteiger partial charge in [0.05, 0.1) is 5.69 Å². The third-order valence-electron chi connectivity index (χ3n) is 6.48. The minimum absolute atomic E-state index is 1.15. The molecular weight excluding hydrogens is 410 g/mol. The molecule has 1 aliphatic rings. The normalized spacial score (nSPS) is 11.6. The van der Waals surface area contributed by atoms with Crippen LogP contribution in [-0.4, -0.2) is 0 Å². The molecule has 34 heavy (non-hydrogen) atoms. The molecule has 0 fully saturated rings. The number of anilines is 3. The summed E-state index contributed by atoms with van der Waals surface area (Å²) in [7, 11) is 0. The van der Waals surface area contributed by atoms with Crippen molar-refractivity contribution in [3.05, 3.63) is 138 Å². The van der Waals surface area contributed by atoms with E-state index in [-0.39, 0.29) is 0 Å². The molecule has 162 valence electrons. The van der Waals surface area contributed by atoms with Gasteiger partial charge in [-0.3, -0.25) is 0 Å². The highest BCUT2D eigenvalue weighted by molar-refractivity contribution is 6.09. The van der Waals surface area contributed by atoms with Gasteiger partial charge in [-0.05, 0) is 65.1 Å². The lowest BCUT2D eigenvalue weighted by atomic mass is 9.79. The van der Waals surface area contributed by atoms with Gasteiger partial charge in [0.25, 0.3) is 0 Å². The Morgan fingerprint density at radius 2 is 1.03 bits per heavy atom. The number of hydrogen-bond donors (Lipinski definition) is 0. The minimum Gasteiger partial charge on any atom is -0.310 e. The summed E-state index contributed by atoms with van der Waals surface area (Å²) in [5, 5.41) is 0. The van der Waals surface area contributed by atoms with Crippen LogP contribution in [0.5, 0.6) is 0 Å². The molecule has 5 aromatic carbocycles. The van der Waals surface area contributed by atoms with E-state index >= 15 is 0 Å². The SMILES string of the molecule is Cc1ccc(N(c2ccc(/C=C/c3ccccc3)cc2)c2cccc3c2-c2ccccc2-3)cc1. The van der Waals surface area contributed by atoms with Gasteiger partial charge < -0.3 is 4.90 Å². The Hall–Kier alpha value is -4.36. The molecule has 1 heteroatoms. The van der Waals surface area contributed by atoms with E-state index in [0.717, 1.165) is 11.4 Å². The molecule has 6 rings (SSSR count). The molecule has 0 amide bonds. The van der Waals surface area contributed by atoms with E-state index in [1.54, 1.807) is 0 Å². The number of fused-ring (bicyclic) bond motifs is 4. The van der Waals surface area contributed by atoms with Crippen molar-refractivity contribution in [1.29, 1.82) is 0 Å². The van der Waals surface area contributed by atoms with Crippen molar-refractivity contribution in [3.63, 3.8) is 0 Å². The summed E-state index contributed by atoms with van der Waals surface area (Å²) in [5.74, 6) is 0. The van der Waals surface area contributed by atoms with Crippen LogP contribution in [0.4, 0.5) is 17.1 Å². The maximum absolute atomic E-state index is 2.37. The lowest BCUT2D eigenvalue weighted by Gasteiger charge is -2.33. The molecule has 0 saturated heterocycles. The second kappa shape index (κ2) is 8.53. The van der Waals surface area contributed by atoms with Crippen molar-refractivity contribution in [3.8, 4) is 22.3 Å². The smallest absolute Gasteiger partial charge is 0.0546 e. The Morgan fingerprint density at radius 1 is 0.471 bits per heavy atom. The van der Waals surface area contributed by atoms with Crippen molar-refractivity contribution in [1.82, 2.24) is 0 Å². The van der Waals surface area contributed by atoms with E-state index in [2.05, 4.69) is 139 Å². The Balaban J connectivity index is 1.41. The van der Waals surface area contributed by atoms with Gasteiger partial charge in [0.2, 0.25) is 0 Å². The molecule has 0 radical (unpaired) electrons. The Labute approximate surface area is 201 Å². The van der Waals surface area contributed by atoms with Crippen LogP contribution < -0.4 is 4.90 Å². The van der Waals surface area contributed by atoms with Crippen LogP contribution in [-0.2, 0) is 0 Å². The highest BCUT2D eigenvalue weighted by Crippen LogP contribution is 2.53. The van der Waals surface area contributed by atoms with Crippen LogP contribution in [0, 0.1) is 6.92 Å². The van der Waals surface area contributed by atoms with Gasteiger partial charge in [-0.25, -0.2) is 0 Å². The zero-order valence-corrected chi connectivity index (χ0v) is 19.1. The van der Waals surface area contributed by atoms with Gasteiger partial charge >= 0.3 is 0 Å². The number of nitrogens with zero attached hydrogens (tertiary/aromatic N) is 1. The third-order valence-corrected chi connectivity index (χ3v) is 6.48. The van der Waals surface area contributed by atoms with Gasteiger partial charge in [-0.1, -0.05) is 109 Å². The summed E-state index contributed by atoms with van der Waals surface area (Å²) in [4.78, 5) is 2.37. The van der Waals surface area contributed by atoms with E-state index in [1.165, 1.54) is 44.6 Å². The van der Waals surface area contributed by atoms with E-state index in [4.69, 9.17) is 0 Å². The van der Waals surface area contributed by atoms with Crippen LogP contribution in [0.2, 0.25) is 0 Å². The zero-order chi connectivity index (χ0) is 22.9. The van der Waals surface area contributed by atoms with Gasteiger partial charge in [0.1, 0.15) is 0 Å². The fourth-order valence-corrected chi connectivity index (χ4v) is 4.72. The molecule has 0 bridgehead atoms. The monoisotopic (exact) mass is 435 g/mol. The molecule has 0 N–H and O–H groups in total. The lowest BCUT2D eigenvalue weighted by Crippen LogP contribution is -2.13. The Bertz CT molecular complexity index is 1480. The first-order valence-electron chi connectivity index (χ1n) is 11.7. The van der Waals surface area contributed by atoms with E-state index < -0.39 is 0 Å². The summed E-state index contributed by atoms with van der Waals surface area (Å²) in [6.45, 7) is 2.13. The number of benzene rings is 5. The van der Waals surface area contributed by atoms with Crippen LogP contribution in [0.15, 0.2) is 121 Å². The highest BCUT2D eigenvalue weighted by atomic mass is 15.1. The minimum atomic E-state index is 1.15. The molecule has 0 aromatic heterocycles. The number of aryl methyl sites for hydroxylation is 1.